The average molecular weight is 264 g/mol. The number of carboxylic acid groups (broad SMARTS) is 1. The lowest BCUT2D eigenvalue weighted by Gasteiger charge is -2.01. The Labute approximate surface area is 88.9 Å². The molecule has 1 rings (SSSR count). The van der Waals surface area contributed by atoms with E-state index in [1.165, 1.54) is 11.3 Å². The molecule has 5 heteroatoms. The van der Waals surface area contributed by atoms with Crippen molar-refractivity contribution in [3.63, 3.8) is 0 Å². The molecule has 1 aromatic rings. The molecular weight excluding hydrogens is 254 g/mol. The third kappa shape index (κ3) is 2.77. The van der Waals surface area contributed by atoms with Crippen molar-refractivity contribution in [1.29, 1.82) is 0 Å². The number of aromatic nitrogens is 1. The maximum Gasteiger partial charge on any atom is 0.355 e. The molecule has 1 aromatic heterocycles. The predicted molar refractivity (Wildman–Crippen MR) is 55.3 cm³/mol. The third-order valence-electron chi connectivity index (χ3n) is 1.47. The molecule has 0 saturated heterocycles. The summed E-state index contributed by atoms with van der Waals surface area (Å²) < 4.78 is 0.639. The van der Waals surface area contributed by atoms with Crippen LogP contribution in [-0.4, -0.2) is 16.1 Å². The lowest BCUT2D eigenvalue weighted by Crippen LogP contribution is -2.03. The first kappa shape index (κ1) is 10.7. The maximum atomic E-state index is 10.7. The molecule has 0 bridgehead atoms. The molecular formula is C8H10BrNO2S. The zero-order valence-electron chi connectivity index (χ0n) is 7.37. The van der Waals surface area contributed by atoms with Gasteiger partial charge in [-0.2, -0.15) is 0 Å². The Hall–Kier alpha value is -0.420. The Bertz CT molecular complexity index is 322. The summed E-state index contributed by atoms with van der Waals surface area (Å²) in [5.74, 6) is -0.497. The number of halogens is 1. The fourth-order valence-corrected chi connectivity index (χ4v) is 2.75. The van der Waals surface area contributed by atoms with Crippen LogP contribution in [0.15, 0.2) is 3.92 Å². The van der Waals surface area contributed by atoms with Gasteiger partial charge in [-0.3, -0.25) is 0 Å². The molecule has 0 amide bonds. The molecule has 0 fully saturated rings. The van der Waals surface area contributed by atoms with Crippen LogP contribution in [0.25, 0.3) is 0 Å². The predicted octanol–water partition coefficient (Wildman–Crippen LogP) is 2.80. The van der Waals surface area contributed by atoms with Crippen LogP contribution in [0.5, 0.6) is 0 Å². The van der Waals surface area contributed by atoms with E-state index < -0.39 is 5.97 Å². The van der Waals surface area contributed by atoms with Crippen molar-refractivity contribution in [3.8, 4) is 0 Å². The van der Waals surface area contributed by atoms with Crippen LogP contribution in [-0.2, 0) is 6.42 Å². The van der Waals surface area contributed by atoms with Crippen LogP contribution >= 0.6 is 27.3 Å². The highest BCUT2D eigenvalue weighted by Gasteiger charge is 2.16. The van der Waals surface area contributed by atoms with E-state index in [2.05, 4.69) is 34.8 Å². The Kier molecular flexibility index (Phi) is 3.44. The van der Waals surface area contributed by atoms with Crippen molar-refractivity contribution in [2.45, 2.75) is 20.3 Å². The van der Waals surface area contributed by atoms with Crippen LogP contribution in [0, 0.1) is 5.92 Å². The molecule has 0 saturated carbocycles. The quantitative estimate of drug-likeness (QED) is 0.913. The van der Waals surface area contributed by atoms with E-state index >= 15 is 0 Å². The summed E-state index contributed by atoms with van der Waals surface area (Å²) in [4.78, 5) is 15.5. The summed E-state index contributed by atoms with van der Waals surface area (Å²) in [6.07, 6.45) is 0.769. The zero-order chi connectivity index (χ0) is 10.0. The highest BCUT2D eigenvalue weighted by Crippen LogP contribution is 2.25. The monoisotopic (exact) mass is 263 g/mol. The minimum atomic E-state index is -0.947. The lowest BCUT2D eigenvalue weighted by molar-refractivity contribution is 0.0690. The van der Waals surface area contributed by atoms with Gasteiger partial charge >= 0.3 is 5.97 Å². The first-order chi connectivity index (χ1) is 6.00. The lowest BCUT2D eigenvalue weighted by atomic mass is 10.1. The van der Waals surface area contributed by atoms with Gasteiger partial charge < -0.3 is 5.11 Å². The molecule has 0 unspecified atom stereocenters. The number of hydrogen-bond donors (Lipinski definition) is 1. The topological polar surface area (TPSA) is 50.2 Å². The second-order valence-electron chi connectivity index (χ2n) is 3.14. The van der Waals surface area contributed by atoms with E-state index in [1.54, 1.807) is 0 Å². The van der Waals surface area contributed by atoms with Gasteiger partial charge in [0, 0.05) is 4.88 Å². The highest BCUT2D eigenvalue weighted by atomic mass is 79.9. The molecule has 0 aromatic carbocycles. The fourth-order valence-electron chi connectivity index (χ4n) is 0.999. The average Bonchev–Trinajstić information content (AvgIpc) is 2.29. The standard InChI is InChI=1S/C8H10BrNO2S/c1-4(2)3-5-6(7(11)12)10-8(9)13-5/h4H,3H2,1-2H3,(H,11,12). The SMILES string of the molecule is CC(C)Cc1sc(Br)nc1C(=O)O. The second-order valence-corrected chi connectivity index (χ2v) is 5.50. The molecule has 13 heavy (non-hydrogen) atoms. The molecule has 3 nitrogen and oxygen atoms in total. The Morgan fingerprint density at radius 3 is 2.77 bits per heavy atom. The van der Waals surface area contributed by atoms with Gasteiger partial charge in [-0.15, -0.1) is 11.3 Å². The first-order valence-corrected chi connectivity index (χ1v) is 5.50. The van der Waals surface area contributed by atoms with Crippen molar-refractivity contribution < 1.29 is 9.90 Å². The van der Waals surface area contributed by atoms with Gasteiger partial charge in [-0.25, -0.2) is 9.78 Å². The van der Waals surface area contributed by atoms with Crippen molar-refractivity contribution in [3.05, 3.63) is 14.5 Å². The number of hydrogen-bond acceptors (Lipinski definition) is 3. The fraction of sp³-hybridized carbons (Fsp3) is 0.500. The van der Waals surface area contributed by atoms with E-state index in [-0.39, 0.29) is 5.69 Å². The largest absolute Gasteiger partial charge is 0.476 e. The molecule has 1 heterocycles. The van der Waals surface area contributed by atoms with Crippen molar-refractivity contribution in [1.82, 2.24) is 4.98 Å². The Morgan fingerprint density at radius 1 is 1.69 bits per heavy atom. The van der Waals surface area contributed by atoms with Gasteiger partial charge in [-0.05, 0) is 28.3 Å². The van der Waals surface area contributed by atoms with Gasteiger partial charge in [0.15, 0.2) is 9.61 Å². The summed E-state index contributed by atoms with van der Waals surface area (Å²) in [7, 11) is 0. The number of aromatic carboxylic acids is 1. The molecule has 0 aliphatic heterocycles. The number of carbonyl (C=O) groups is 1. The molecule has 1 N–H and O–H groups in total. The van der Waals surface area contributed by atoms with E-state index in [0.29, 0.717) is 9.83 Å². The summed E-state index contributed by atoms with van der Waals surface area (Å²) in [6, 6.07) is 0. The molecule has 0 radical (unpaired) electrons. The molecule has 0 aliphatic rings. The van der Waals surface area contributed by atoms with Gasteiger partial charge in [0.2, 0.25) is 0 Å². The van der Waals surface area contributed by atoms with Crippen LogP contribution < -0.4 is 0 Å². The molecule has 72 valence electrons. The Balaban J connectivity index is 2.97. The number of nitrogens with zero attached hydrogens (tertiary/aromatic N) is 1. The zero-order valence-corrected chi connectivity index (χ0v) is 9.78. The summed E-state index contributed by atoms with van der Waals surface area (Å²) in [6.45, 7) is 4.11. The number of rotatable bonds is 3. The van der Waals surface area contributed by atoms with Crippen LogP contribution in [0.4, 0.5) is 0 Å². The van der Waals surface area contributed by atoms with E-state index in [4.69, 9.17) is 5.11 Å². The summed E-state index contributed by atoms with van der Waals surface area (Å²) in [5.41, 5.74) is 0.186. The minimum absolute atomic E-state index is 0.186. The van der Waals surface area contributed by atoms with Gasteiger partial charge in [0.1, 0.15) is 0 Å². The van der Waals surface area contributed by atoms with Gasteiger partial charge in [0.25, 0.3) is 0 Å². The normalized spacial score (nSPS) is 10.8. The van der Waals surface area contributed by atoms with Crippen LogP contribution in [0.3, 0.4) is 0 Å². The van der Waals surface area contributed by atoms with Crippen LogP contribution in [0.2, 0.25) is 0 Å². The van der Waals surface area contributed by atoms with Crippen molar-refractivity contribution >= 4 is 33.2 Å². The van der Waals surface area contributed by atoms with Gasteiger partial charge in [0.05, 0.1) is 0 Å². The van der Waals surface area contributed by atoms with Crippen LogP contribution in [0.1, 0.15) is 29.2 Å². The molecule has 0 spiro atoms. The Morgan fingerprint density at radius 2 is 2.31 bits per heavy atom. The van der Waals surface area contributed by atoms with Crippen molar-refractivity contribution in [2.24, 2.45) is 5.92 Å². The van der Waals surface area contributed by atoms with E-state index in [1.807, 2.05) is 0 Å². The molecule has 0 aliphatic carbocycles. The minimum Gasteiger partial charge on any atom is -0.476 e. The smallest absolute Gasteiger partial charge is 0.355 e. The van der Waals surface area contributed by atoms with Gasteiger partial charge in [-0.1, -0.05) is 13.8 Å². The third-order valence-corrected chi connectivity index (χ3v) is 3.00. The first-order valence-electron chi connectivity index (χ1n) is 3.89. The number of thiazole rings is 1. The number of carboxylic acids is 1. The summed E-state index contributed by atoms with van der Waals surface area (Å²) >= 11 is 4.58. The summed E-state index contributed by atoms with van der Waals surface area (Å²) in [5, 5.41) is 8.82. The molecule has 0 atom stereocenters. The second kappa shape index (κ2) is 4.19. The highest BCUT2D eigenvalue weighted by molar-refractivity contribution is 9.11. The van der Waals surface area contributed by atoms with E-state index in [9.17, 15) is 4.79 Å². The van der Waals surface area contributed by atoms with E-state index in [0.717, 1.165) is 11.3 Å². The van der Waals surface area contributed by atoms with Crippen molar-refractivity contribution in [2.75, 3.05) is 0 Å². The maximum absolute atomic E-state index is 10.7.